The minimum atomic E-state index is 0.236. The highest BCUT2D eigenvalue weighted by Crippen LogP contribution is 2.24. The molecule has 1 unspecified atom stereocenters. The average Bonchev–Trinajstić information content (AvgIpc) is 2.62. The number of H-pyrrole nitrogens is 1. The second-order valence-corrected chi connectivity index (χ2v) is 3.79. The molecule has 0 bridgehead atoms. The van der Waals surface area contributed by atoms with Crippen LogP contribution in [0.5, 0.6) is 0 Å². The van der Waals surface area contributed by atoms with Gasteiger partial charge in [0.2, 0.25) is 0 Å². The first-order valence-corrected chi connectivity index (χ1v) is 4.93. The van der Waals surface area contributed by atoms with Crippen molar-refractivity contribution in [3.63, 3.8) is 0 Å². The third kappa shape index (κ3) is 1.93. The molecule has 1 heterocycles. The Hall–Kier alpha value is -0.940. The van der Waals surface area contributed by atoms with Crippen LogP contribution >= 0.6 is 0 Å². The summed E-state index contributed by atoms with van der Waals surface area (Å²) < 4.78 is 5.21. The number of aromatic amines is 1. The molecular formula is C9H16N4O. The lowest BCUT2D eigenvalue weighted by atomic mass is 9.89. The van der Waals surface area contributed by atoms with E-state index in [2.05, 4.69) is 27.4 Å². The molecule has 0 radical (unpaired) electrons. The molecule has 1 aliphatic rings. The molecule has 0 aromatic carbocycles. The van der Waals surface area contributed by atoms with Crippen LogP contribution in [0.15, 0.2) is 6.33 Å². The molecule has 0 saturated heterocycles. The molecule has 14 heavy (non-hydrogen) atoms. The van der Waals surface area contributed by atoms with Gasteiger partial charge in [0.1, 0.15) is 12.2 Å². The Kier molecular flexibility index (Phi) is 2.79. The van der Waals surface area contributed by atoms with Crippen LogP contribution in [0.25, 0.3) is 0 Å². The molecule has 0 aliphatic heterocycles. The first-order chi connectivity index (χ1) is 6.79. The number of hydrogen-bond acceptors (Lipinski definition) is 4. The second-order valence-electron chi connectivity index (χ2n) is 3.79. The fourth-order valence-corrected chi connectivity index (χ4v) is 1.75. The van der Waals surface area contributed by atoms with Crippen molar-refractivity contribution in [2.45, 2.75) is 38.0 Å². The number of nitrogens with zero attached hydrogens (tertiary/aromatic N) is 2. The van der Waals surface area contributed by atoms with E-state index in [1.165, 1.54) is 6.33 Å². The number of hydrogen-bond donors (Lipinski definition) is 2. The van der Waals surface area contributed by atoms with Gasteiger partial charge in [0.05, 0.1) is 12.1 Å². The summed E-state index contributed by atoms with van der Waals surface area (Å²) in [5, 5.41) is 10.2. The third-order valence-electron chi connectivity index (χ3n) is 2.76. The lowest BCUT2D eigenvalue weighted by molar-refractivity contribution is 0.0144. The van der Waals surface area contributed by atoms with E-state index in [9.17, 15) is 0 Å². The van der Waals surface area contributed by atoms with E-state index in [4.69, 9.17) is 4.74 Å². The van der Waals surface area contributed by atoms with Crippen LogP contribution in [0.1, 0.15) is 31.6 Å². The van der Waals surface area contributed by atoms with Gasteiger partial charge >= 0.3 is 0 Å². The molecule has 5 nitrogen and oxygen atoms in total. The summed E-state index contributed by atoms with van der Waals surface area (Å²) >= 11 is 0. The minimum Gasteiger partial charge on any atom is -0.381 e. The highest BCUT2D eigenvalue weighted by molar-refractivity contribution is 4.94. The summed E-state index contributed by atoms with van der Waals surface area (Å²) in [5.74, 6) is 0.894. The predicted octanol–water partition coefficient (Wildman–Crippen LogP) is 0.633. The van der Waals surface area contributed by atoms with Gasteiger partial charge in [-0.05, 0) is 19.8 Å². The molecule has 2 N–H and O–H groups in total. The van der Waals surface area contributed by atoms with Crippen molar-refractivity contribution in [1.29, 1.82) is 0 Å². The molecule has 78 valence electrons. The number of ether oxygens (including phenoxy) is 1. The molecule has 1 saturated carbocycles. The van der Waals surface area contributed by atoms with Crippen molar-refractivity contribution >= 4 is 0 Å². The zero-order valence-corrected chi connectivity index (χ0v) is 8.53. The molecule has 0 amide bonds. The van der Waals surface area contributed by atoms with Crippen molar-refractivity contribution in [3.8, 4) is 0 Å². The number of aromatic nitrogens is 3. The Labute approximate surface area is 83.3 Å². The summed E-state index contributed by atoms with van der Waals surface area (Å²) in [5.41, 5.74) is 0. The minimum absolute atomic E-state index is 0.236. The van der Waals surface area contributed by atoms with Crippen LogP contribution in [0.3, 0.4) is 0 Å². The Bertz CT molecular complexity index is 268. The molecule has 1 fully saturated rings. The Morgan fingerprint density at radius 2 is 2.43 bits per heavy atom. The van der Waals surface area contributed by atoms with E-state index in [1.54, 1.807) is 7.11 Å². The largest absolute Gasteiger partial charge is 0.381 e. The van der Waals surface area contributed by atoms with Crippen LogP contribution in [-0.2, 0) is 4.74 Å². The van der Waals surface area contributed by atoms with Crippen LogP contribution in [-0.4, -0.2) is 34.4 Å². The summed E-state index contributed by atoms with van der Waals surface area (Å²) in [7, 11) is 1.76. The molecule has 1 aromatic heterocycles. The lowest BCUT2D eigenvalue weighted by Gasteiger charge is -2.36. The van der Waals surface area contributed by atoms with E-state index in [1.807, 2.05) is 0 Å². The smallest absolute Gasteiger partial charge is 0.141 e. The van der Waals surface area contributed by atoms with Crippen molar-refractivity contribution in [2.75, 3.05) is 7.11 Å². The van der Waals surface area contributed by atoms with Crippen LogP contribution in [0.2, 0.25) is 0 Å². The van der Waals surface area contributed by atoms with Gasteiger partial charge in [0.15, 0.2) is 0 Å². The Balaban J connectivity index is 1.77. The lowest BCUT2D eigenvalue weighted by Crippen LogP contribution is -2.46. The number of methoxy groups -OCH3 is 1. The first-order valence-electron chi connectivity index (χ1n) is 4.93. The zero-order chi connectivity index (χ0) is 9.97. The van der Waals surface area contributed by atoms with Gasteiger partial charge in [-0.2, -0.15) is 5.10 Å². The van der Waals surface area contributed by atoms with Crippen LogP contribution < -0.4 is 5.32 Å². The first kappa shape index (κ1) is 9.61. The summed E-state index contributed by atoms with van der Waals surface area (Å²) in [4.78, 5) is 4.11. The number of rotatable bonds is 4. The van der Waals surface area contributed by atoms with Gasteiger partial charge in [-0.25, -0.2) is 4.98 Å². The fraction of sp³-hybridized carbons (Fsp3) is 0.778. The van der Waals surface area contributed by atoms with Crippen molar-refractivity contribution in [1.82, 2.24) is 20.5 Å². The maximum atomic E-state index is 5.21. The maximum Gasteiger partial charge on any atom is 0.141 e. The van der Waals surface area contributed by atoms with Gasteiger partial charge in [0, 0.05) is 13.2 Å². The summed E-state index contributed by atoms with van der Waals surface area (Å²) in [6.45, 7) is 2.08. The van der Waals surface area contributed by atoms with Gasteiger partial charge in [-0.3, -0.25) is 5.10 Å². The normalized spacial score (nSPS) is 28.4. The van der Waals surface area contributed by atoms with E-state index in [0.717, 1.165) is 18.7 Å². The van der Waals surface area contributed by atoms with Crippen LogP contribution in [0, 0.1) is 0 Å². The summed E-state index contributed by atoms with van der Waals surface area (Å²) in [6, 6.07) is 0.792. The van der Waals surface area contributed by atoms with Crippen molar-refractivity contribution < 1.29 is 4.74 Å². The van der Waals surface area contributed by atoms with Crippen molar-refractivity contribution in [3.05, 3.63) is 12.2 Å². The summed E-state index contributed by atoms with van der Waals surface area (Å²) in [6.07, 6.45) is 4.16. The SMILES string of the molecule is COC1CC(NC(C)c2ncn[nH]2)C1. The zero-order valence-electron chi connectivity index (χ0n) is 8.53. The monoisotopic (exact) mass is 196 g/mol. The molecule has 1 aliphatic carbocycles. The Morgan fingerprint density at radius 3 is 3.00 bits per heavy atom. The Morgan fingerprint density at radius 1 is 1.64 bits per heavy atom. The van der Waals surface area contributed by atoms with E-state index >= 15 is 0 Å². The molecule has 5 heteroatoms. The molecule has 0 spiro atoms. The van der Waals surface area contributed by atoms with E-state index in [-0.39, 0.29) is 6.04 Å². The van der Waals surface area contributed by atoms with Gasteiger partial charge < -0.3 is 10.1 Å². The van der Waals surface area contributed by atoms with Gasteiger partial charge in [-0.1, -0.05) is 0 Å². The topological polar surface area (TPSA) is 62.8 Å². The second kappa shape index (κ2) is 4.06. The maximum absolute atomic E-state index is 5.21. The standard InChI is InChI=1S/C9H16N4O/c1-6(9-10-5-11-13-9)12-7-3-8(4-7)14-2/h5-8,12H,3-4H2,1-2H3,(H,10,11,13). The predicted molar refractivity (Wildman–Crippen MR) is 51.8 cm³/mol. The average molecular weight is 196 g/mol. The van der Waals surface area contributed by atoms with Gasteiger partial charge in [0.25, 0.3) is 0 Å². The highest BCUT2D eigenvalue weighted by atomic mass is 16.5. The molecule has 1 aromatic rings. The molecule has 2 rings (SSSR count). The quantitative estimate of drug-likeness (QED) is 0.741. The fourth-order valence-electron chi connectivity index (χ4n) is 1.75. The highest BCUT2D eigenvalue weighted by Gasteiger charge is 2.30. The number of nitrogens with one attached hydrogen (secondary N) is 2. The third-order valence-corrected chi connectivity index (χ3v) is 2.76. The van der Waals surface area contributed by atoms with Gasteiger partial charge in [-0.15, -0.1) is 0 Å². The van der Waals surface area contributed by atoms with E-state index in [0.29, 0.717) is 12.1 Å². The molecule has 1 atom stereocenters. The molecular weight excluding hydrogens is 180 g/mol. The van der Waals surface area contributed by atoms with Crippen molar-refractivity contribution in [2.24, 2.45) is 0 Å². The van der Waals surface area contributed by atoms with E-state index < -0.39 is 0 Å². The van der Waals surface area contributed by atoms with Crippen LogP contribution in [0.4, 0.5) is 0 Å².